The van der Waals surface area contributed by atoms with Gasteiger partial charge in [-0.3, -0.25) is 0 Å². The fourth-order valence-corrected chi connectivity index (χ4v) is 2.03. The summed E-state index contributed by atoms with van der Waals surface area (Å²) in [5.41, 5.74) is 5.85. The molecule has 1 unspecified atom stereocenters. The number of hydrogen-bond acceptors (Lipinski definition) is 4. The lowest BCUT2D eigenvalue weighted by Crippen LogP contribution is -2.09. The van der Waals surface area contributed by atoms with Crippen LogP contribution in [0.25, 0.3) is 0 Å². The Morgan fingerprint density at radius 2 is 2.27 bits per heavy atom. The van der Waals surface area contributed by atoms with Gasteiger partial charge in [-0.1, -0.05) is 24.1 Å². The maximum absolute atomic E-state index is 5.85. The summed E-state index contributed by atoms with van der Waals surface area (Å²) in [4.78, 5) is 4.36. The Labute approximate surface area is 89.5 Å². The second-order valence-corrected chi connectivity index (χ2v) is 4.10. The fourth-order valence-electron chi connectivity index (χ4n) is 2.03. The van der Waals surface area contributed by atoms with Crippen molar-refractivity contribution in [2.45, 2.75) is 44.1 Å². The largest absolute Gasteiger partial charge is 0.338 e. The second kappa shape index (κ2) is 4.57. The molecule has 0 spiro atoms. The van der Waals surface area contributed by atoms with E-state index in [0.29, 0.717) is 18.2 Å². The number of nitrogens with two attached hydrogens (primary N) is 1. The van der Waals surface area contributed by atoms with Crippen LogP contribution in [0.5, 0.6) is 0 Å². The Bertz CT molecular complexity index is 328. The normalized spacial score (nSPS) is 19.3. The minimum absolute atomic E-state index is 0.204. The van der Waals surface area contributed by atoms with Crippen LogP contribution in [0, 0.1) is 0 Å². The van der Waals surface area contributed by atoms with E-state index in [1.807, 2.05) is 0 Å². The van der Waals surface area contributed by atoms with Gasteiger partial charge in [0.1, 0.15) is 0 Å². The number of rotatable bonds is 4. The van der Waals surface area contributed by atoms with Crippen molar-refractivity contribution >= 4 is 0 Å². The third-order valence-corrected chi connectivity index (χ3v) is 2.92. The van der Waals surface area contributed by atoms with E-state index in [0.717, 1.165) is 5.82 Å². The quantitative estimate of drug-likeness (QED) is 0.769. The van der Waals surface area contributed by atoms with Crippen LogP contribution in [0.3, 0.4) is 0 Å². The van der Waals surface area contributed by atoms with Crippen molar-refractivity contribution in [3.63, 3.8) is 0 Å². The maximum atomic E-state index is 5.85. The summed E-state index contributed by atoms with van der Waals surface area (Å²) in [5.74, 6) is 1.86. The van der Waals surface area contributed by atoms with Crippen molar-refractivity contribution in [3.05, 3.63) is 24.4 Å². The van der Waals surface area contributed by atoms with Crippen LogP contribution in [-0.2, 0) is 0 Å². The van der Waals surface area contributed by atoms with Gasteiger partial charge < -0.3 is 10.3 Å². The molecule has 0 amide bonds. The molecular weight excluding hydrogens is 190 g/mol. The van der Waals surface area contributed by atoms with E-state index >= 15 is 0 Å². The van der Waals surface area contributed by atoms with E-state index in [1.165, 1.54) is 25.7 Å². The van der Waals surface area contributed by atoms with E-state index in [-0.39, 0.29) is 6.04 Å². The zero-order valence-electron chi connectivity index (χ0n) is 8.85. The van der Waals surface area contributed by atoms with Gasteiger partial charge in [-0.15, -0.1) is 6.58 Å². The minimum atomic E-state index is -0.204. The van der Waals surface area contributed by atoms with E-state index in [1.54, 1.807) is 6.08 Å². The highest BCUT2D eigenvalue weighted by Gasteiger charge is 2.23. The molecule has 0 saturated heterocycles. The van der Waals surface area contributed by atoms with Gasteiger partial charge in [0.15, 0.2) is 5.82 Å². The van der Waals surface area contributed by atoms with Crippen molar-refractivity contribution in [1.29, 1.82) is 0 Å². The first-order valence-electron chi connectivity index (χ1n) is 5.51. The van der Waals surface area contributed by atoms with E-state index in [4.69, 9.17) is 10.3 Å². The average Bonchev–Trinajstić information content (AvgIpc) is 2.89. The van der Waals surface area contributed by atoms with Crippen LogP contribution in [0.4, 0.5) is 0 Å². The number of hydrogen-bond donors (Lipinski definition) is 1. The molecule has 4 heteroatoms. The topological polar surface area (TPSA) is 64.9 Å². The summed E-state index contributed by atoms with van der Waals surface area (Å²) in [7, 11) is 0. The van der Waals surface area contributed by atoms with Crippen molar-refractivity contribution in [3.8, 4) is 0 Å². The molecule has 2 N–H and O–H groups in total. The van der Waals surface area contributed by atoms with Crippen molar-refractivity contribution in [2.75, 3.05) is 0 Å². The zero-order chi connectivity index (χ0) is 10.7. The molecule has 0 bridgehead atoms. The third-order valence-electron chi connectivity index (χ3n) is 2.92. The lowest BCUT2D eigenvalue weighted by atomic mass is 10.1. The van der Waals surface area contributed by atoms with Gasteiger partial charge in [0.25, 0.3) is 0 Å². The molecule has 1 aliphatic rings. The lowest BCUT2D eigenvalue weighted by Gasteiger charge is -2.01. The monoisotopic (exact) mass is 207 g/mol. The molecule has 1 aliphatic carbocycles. The van der Waals surface area contributed by atoms with Gasteiger partial charge in [-0.25, -0.2) is 0 Å². The van der Waals surface area contributed by atoms with Crippen LogP contribution in [0.1, 0.15) is 55.8 Å². The van der Waals surface area contributed by atoms with Crippen molar-refractivity contribution in [2.24, 2.45) is 5.73 Å². The Hall–Kier alpha value is -1.16. The molecule has 15 heavy (non-hydrogen) atoms. The van der Waals surface area contributed by atoms with Crippen molar-refractivity contribution < 1.29 is 4.52 Å². The Kier molecular flexibility index (Phi) is 3.16. The molecule has 82 valence electrons. The molecular formula is C11H17N3O. The smallest absolute Gasteiger partial charge is 0.243 e. The first kappa shape index (κ1) is 10.4. The molecule has 4 nitrogen and oxygen atoms in total. The third kappa shape index (κ3) is 2.26. The molecule has 1 aromatic rings. The van der Waals surface area contributed by atoms with E-state index in [9.17, 15) is 0 Å². The number of nitrogens with zero attached hydrogens (tertiary/aromatic N) is 2. The van der Waals surface area contributed by atoms with E-state index < -0.39 is 0 Å². The van der Waals surface area contributed by atoms with Gasteiger partial charge in [-0.2, -0.15) is 4.98 Å². The Morgan fingerprint density at radius 1 is 1.53 bits per heavy atom. The highest BCUT2D eigenvalue weighted by molar-refractivity contribution is 5.00. The van der Waals surface area contributed by atoms with Crippen molar-refractivity contribution in [1.82, 2.24) is 10.1 Å². The predicted molar refractivity (Wildman–Crippen MR) is 57.2 cm³/mol. The lowest BCUT2D eigenvalue weighted by molar-refractivity contribution is 0.349. The summed E-state index contributed by atoms with van der Waals surface area (Å²) in [6.07, 6.45) is 7.34. The highest BCUT2D eigenvalue weighted by atomic mass is 16.5. The number of aromatic nitrogens is 2. The summed E-state index contributed by atoms with van der Waals surface area (Å²) >= 11 is 0. The SMILES string of the molecule is C=CCC(N)c1nc(C2CCCC2)no1. The zero-order valence-corrected chi connectivity index (χ0v) is 8.85. The summed E-state index contributed by atoms with van der Waals surface area (Å²) < 4.78 is 5.16. The van der Waals surface area contributed by atoms with Crippen LogP contribution < -0.4 is 5.73 Å². The first-order chi connectivity index (χ1) is 7.31. The second-order valence-electron chi connectivity index (χ2n) is 4.10. The molecule has 1 saturated carbocycles. The fraction of sp³-hybridized carbons (Fsp3) is 0.636. The first-order valence-corrected chi connectivity index (χ1v) is 5.51. The molecule has 0 radical (unpaired) electrons. The molecule has 0 aromatic carbocycles. The van der Waals surface area contributed by atoms with Crippen LogP contribution in [0.15, 0.2) is 17.2 Å². The molecule has 1 heterocycles. The summed E-state index contributed by atoms with van der Waals surface area (Å²) in [5, 5.41) is 4.00. The Morgan fingerprint density at radius 3 is 2.93 bits per heavy atom. The van der Waals surface area contributed by atoms with Gasteiger partial charge in [0, 0.05) is 5.92 Å². The standard InChI is InChI=1S/C11H17N3O/c1-2-5-9(12)11-13-10(14-15-11)8-6-3-4-7-8/h2,8-9H,1,3-7,12H2. The Balaban J connectivity index is 2.05. The molecule has 1 atom stereocenters. The summed E-state index contributed by atoms with van der Waals surface area (Å²) in [6, 6.07) is -0.204. The predicted octanol–water partition coefficient (Wildman–Crippen LogP) is 2.30. The van der Waals surface area contributed by atoms with Gasteiger partial charge >= 0.3 is 0 Å². The molecule has 1 fully saturated rings. The minimum Gasteiger partial charge on any atom is -0.338 e. The molecule has 0 aliphatic heterocycles. The maximum Gasteiger partial charge on any atom is 0.243 e. The van der Waals surface area contributed by atoms with E-state index in [2.05, 4.69) is 16.7 Å². The van der Waals surface area contributed by atoms with Gasteiger partial charge in [-0.05, 0) is 19.3 Å². The molecule has 1 aromatic heterocycles. The highest BCUT2D eigenvalue weighted by Crippen LogP contribution is 2.32. The van der Waals surface area contributed by atoms with Gasteiger partial charge in [0.05, 0.1) is 6.04 Å². The van der Waals surface area contributed by atoms with Crippen LogP contribution >= 0.6 is 0 Å². The van der Waals surface area contributed by atoms with Crippen LogP contribution in [-0.4, -0.2) is 10.1 Å². The summed E-state index contributed by atoms with van der Waals surface area (Å²) in [6.45, 7) is 3.64. The molecule has 2 rings (SSSR count). The average molecular weight is 207 g/mol. The van der Waals surface area contributed by atoms with Crippen LogP contribution in [0.2, 0.25) is 0 Å². The van der Waals surface area contributed by atoms with Gasteiger partial charge in [0.2, 0.25) is 5.89 Å².